The molecular formula is C56H36N2. The van der Waals surface area contributed by atoms with Crippen LogP contribution in [0.4, 0.5) is 0 Å². The van der Waals surface area contributed by atoms with E-state index in [1.807, 2.05) is 0 Å². The zero-order valence-corrected chi connectivity index (χ0v) is 31.7. The number of fused-ring (bicyclic) bond motifs is 11. The molecule has 0 fully saturated rings. The zero-order chi connectivity index (χ0) is 38.2. The third-order valence-corrected chi connectivity index (χ3v) is 12.1. The highest BCUT2D eigenvalue weighted by Crippen LogP contribution is 2.42. The first-order valence-electron chi connectivity index (χ1n) is 20.0. The van der Waals surface area contributed by atoms with Crippen molar-refractivity contribution < 1.29 is 0 Å². The summed E-state index contributed by atoms with van der Waals surface area (Å²) in [5.41, 5.74) is 13.2. The summed E-state index contributed by atoms with van der Waals surface area (Å²) >= 11 is 0. The zero-order valence-electron chi connectivity index (χ0n) is 31.7. The highest BCUT2D eigenvalue weighted by molar-refractivity contribution is 6.26. The molecule has 2 heterocycles. The Balaban J connectivity index is 1.01. The van der Waals surface area contributed by atoms with Crippen LogP contribution < -0.4 is 0 Å². The second-order valence-electron chi connectivity index (χ2n) is 15.3. The number of nitrogens with zero attached hydrogens (tertiary/aromatic N) is 2. The molecule has 0 bridgehead atoms. The van der Waals surface area contributed by atoms with Gasteiger partial charge in [-0.25, -0.2) is 0 Å². The number of benzene rings is 10. The van der Waals surface area contributed by atoms with Crippen LogP contribution >= 0.6 is 0 Å². The molecule has 0 atom stereocenters. The van der Waals surface area contributed by atoms with Crippen LogP contribution in [0.2, 0.25) is 0 Å². The predicted molar refractivity (Wildman–Crippen MR) is 246 cm³/mol. The highest BCUT2D eigenvalue weighted by Gasteiger charge is 2.19. The van der Waals surface area contributed by atoms with Gasteiger partial charge in [0.1, 0.15) is 0 Å². The average Bonchev–Trinajstić information content (AvgIpc) is 3.89. The molecule has 0 saturated carbocycles. The van der Waals surface area contributed by atoms with Crippen molar-refractivity contribution in [1.29, 1.82) is 0 Å². The van der Waals surface area contributed by atoms with E-state index in [-0.39, 0.29) is 0 Å². The lowest BCUT2D eigenvalue weighted by Crippen LogP contribution is -1.97. The molecule has 0 radical (unpaired) electrons. The summed E-state index contributed by atoms with van der Waals surface area (Å²) in [5, 5.41) is 11.4. The lowest BCUT2D eigenvalue weighted by molar-refractivity contribution is 1.12. The van der Waals surface area contributed by atoms with Gasteiger partial charge in [0.15, 0.2) is 0 Å². The van der Waals surface area contributed by atoms with Crippen LogP contribution in [0.25, 0.3) is 110 Å². The lowest BCUT2D eigenvalue weighted by atomic mass is 9.90. The SMILES string of the molecule is c1ccc(-c2ccc3c4ccc(-c5cccc(-c6ccc7c(c6)c6ccc8ccn(-c9ccccc9)c8c6n7-c6ccccc6)c5)cc4c4ccccc4c3c2)cc1. The molecular weight excluding hydrogens is 701 g/mol. The summed E-state index contributed by atoms with van der Waals surface area (Å²) in [6.45, 7) is 0. The molecule has 12 aromatic rings. The number of para-hydroxylation sites is 2. The van der Waals surface area contributed by atoms with Crippen molar-refractivity contribution in [3.8, 4) is 44.8 Å². The molecule has 12 rings (SSSR count). The maximum absolute atomic E-state index is 2.44. The minimum atomic E-state index is 1.15. The summed E-state index contributed by atoms with van der Waals surface area (Å²) in [6, 6.07) is 77.8. The highest BCUT2D eigenvalue weighted by atomic mass is 15.0. The van der Waals surface area contributed by atoms with E-state index in [1.54, 1.807) is 0 Å². The Morgan fingerprint density at radius 2 is 0.741 bits per heavy atom. The van der Waals surface area contributed by atoms with Crippen LogP contribution in [-0.4, -0.2) is 9.13 Å². The van der Waals surface area contributed by atoms with E-state index in [0.717, 1.165) is 11.4 Å². The van der Waals surface area contributed by atoms with Gasteiger partial charge in [-0.3, -0.25) is 0 Å². The number of hydrogen-bond acceptors (Lipinski definition) is 0. The normalized spacial score (nSPS) is 11.8. The van der Waals surface area contributed by atoms with Gasteiger partial charge in [0, 0.05) is 33.7 Å². The minimum Gasteiger partial charge on any atom is -0.315 e. The monoisotopic (exact) mass is 736 g/mol. The Hall–Kier alpha value is -7.68. The van der Waals surface area contributed by atoms with Gasteiger partial charge in [0.25, 0.3) is 0 Å². The molecule has 2 nitrogen and oxygen atoms in total. The van der Waals surface area contributed by atoms with Crippen molar-refractivity contribution in [2.24, 2.45) is 0 Å². The van der Waals surface area contributed by atoms with Crippen molar-refractivity contribution in [2.75, 3.05) is 0 Å². The standard InChI is InChI=1S/C56H36N2/c1-4-13-37(14-5-1)41-24-27-48-49-28-25-42(35-52(49)47-22-11-10-21-46(47)51(48)34-41)39-15-12-16-40(33-39)43-26-30-54-53(36-43)50-29-23-38-31-32-57(44-17-6-2-7-18-44)55(38)56(50)58(54)45-19-8-3-9-20-45/h1-36H. The second-order valence-corrected chi connectivity index (χ2v) is 15.3. The van der Waals surface area contributed by atoms with Crippen molar-refractivity contribution in [2.45, 2.75) is 0 Å². The molecule has 0 aliphatic heterocycles. The van der Waals surface area contributed by atoms with Gasteiger partial charge in [-0.05, 0) is 126 Å². The molecule has 58 heavy (non-hydrogen) atoms. The van der Waals surface area contributed by atoms with Gasteiger partial charge in [-0.15, -0.1) is 0 Å². The first-order valence-corrected chi connectivity index (χ1v) is 20.0. The van der Waals surface area contributed by atoms with Crippen LogP contribution in [0.15, 0.2) is 219 Å². The van der Waals surface area contributed by atoms with Crippen LogP contribution in [0.1, 0.15) is 0 Å². The fourth-order valence-electron chi connectivity index (χ4n) is 9.38. The largest absolute Gasteiger partial charge is 0.315 e. The van der Waals surface area contributed by atoms with Gasteiger partial charge in [-0.2, -0.15) is 0 Å². The molecule has 10 aromatic carbocycles. The first kappa shape index (κ1) is 32.6. The Kier molecular flexibility index (Phi) is 7.26. The third-order valence-electron chi connectivity index (χ3n) is 12.1. The molecule has 0 aliphatic rings. The molecule has 2 heteroatoms. The summed E-state index contributed by atoms with van der Waals surface area (Å²) in [4.78, 5) is 0. The average molecular weight is 737 g/mol. The molecule has 0 spiro atoms. The quantitative estimate of drug-likeness (QED) is 0.156. The molecule has 0 saturated heterocycles. The van der Waals surface area contributed by atoms with Crippen LogP contribution in [0.5, 0.6) is 0 Å². The second kappa shape index (κ2) is 12.9. The Labute approximate surface area is 336 Å². The van der Waals surface area contributed by atoms with Gasteiger partial charge < -0.3 is 9.13 Å². The Morgan fingerprint density at radius 3 is 1.40 bits per heavy atom. The van der Waals surface area contributed by atoms with E-state index in [9.17, 15) is 0 Å². The summed E-state index contributed by atoms with van der Waals surface area (Å²) < 4.78 is 4.77. The Morgan fingerprint density at radius 1 is 0.259 bits per heavy atom. The van der Waals surface area contributed by atoms with Crippen molar-refractivity contribution in [3.63, 3.8) is 0 Å². The van der Waals surface area contributed by atoms with Crippen LogP contribution in [-0.2, 0) is 0 Å². The van der Waals surface area contributed by atoms with Crippen LogP contribution in [0.3, 0.4) is 0 Å². The fourth-order valence-corrected chi connectivity index (χ4v) is 9.38. The topological polar surface area (TPSA) is 9.86 Å². The summed E-state index contributed by atoms with van der Waals surface area (Å²) in [7, 11) is 0. The molecule has 2 aromatic heterocycles. The van der Waals surface area contributed by atoms with E-state index in [4.69, 9.17) is 0 Å². The van der Waals surface area contributed by atoms with Crippen LogP contribution in [0, 0.1) is 0 Å². The van der Waals surface area contributed by atoms with E-state index < -0.39 is 0 Å². The van der Waals surface area contributed by atoms with E-state index >= 15 is 0 Å². The van der Waals surface area contributed by atoms with E-state index in [0.29, 0.717) is 0 Å². The summed E-state index contributed by atoms with van der Waals surface area (Å²) in [6.07, 6.45) is 2.20. The maximum atomic E-state index is 2.44. The number of aromatic nitrogens is 2. The van der Waals surface area contributed by atoms with Crippen molar-refractivity contribution in [1.82, 2.24) is 9.13 Å². The smallest absolute Gasteiger partial charge is 0.0788 e. The maximum Gasteiger partial charge on any atom is 0.0788 e. The molecule has 0 N–H and O–H groups in total. The van der Waals surface area contributed by atoms with Gasteiger partial charge >= 0.3 is 0 Å². The Bertz CT molecular complexity index is 3520. The summed E-state index contributed by atoms with van der Waals surface area (Å²) in [5.74, 6) is 0. The third kappa shape index (κ3) is 5.05. The fraction of sp³-hybridized carbons (Fsp3) is 0. The molecule has 0 unspecified atom stereocenters. The van der Waals surface area contributed by atoms with Crippen molar-refractivity contribution >= 4 is 65.0 Å². The molecule has 0 amide bonds. The number of rotatable bonds is 5. The van der Waals surface area contributed by atoms with Gasteiger partial charge in [-0.1, -0.05) is 152 Å². The van der Waals surface area contributed by atoms with E-state index in [1.165, 1.54) is 98.4 Å². The van der Waals surface area contributed by atoms with Gasteiger partial charge in [0.2, 0.25) is 0 Å². The first-order chi connectivity index (χ1) is 28.8. The van der Waals surface area contributed by atoms with E-state index in [2.05, 4.69) is 228 Å². The minimum absolute atomic E-state index is 1.15. The van der Waals surface area contributed by atoms with Gasteiger partial charge in [0.05, 0.1) is 16.6 Å². The number of hydrogen-bond donors (Lipinski definition) is 0. The van der Waals surface area contributed by atoms with Crippen molar-refractivity contribution in [3.05, 3.63) is 219 Å². The molecule has 0 aliphatic carbocycles. The lowest BCUT2D eigenvalue weighted by Gasteiger charge is -2.14. The predicted octanol–water partition coefficient (Wildman–Crippen LogP) is 15.2. The molecule has 270 valence electrons.